The van der Waals surface area contributed by atoms with E-state index in [0.717, 1.165) is 31.6 Å². The zero-order valence-electron chi connectivity index (χ0n) is 23.0. The monoisotopic (exact) mass is 454 g/mol. The third-order valence-corrected chi connectivity index (χ3v) is 12.0. The Morgan fingerprint density at radius 2 is 1.70 bits per heavy atom. The second-order valence-corrected chi connectivity index (χ2v) is 14.3. The molecule has 0 heterocycles. The first-order chi connectivity index (χ1) is 15.1. The zero-order chi connectivity index (χ0) is 24.6. The van der Waals surface area contributed by atoms with E-state index in [1.165, 1.54) is 25.7 Å². The average Bonchev–Trinajstić information content (AvgIpc) is 3.00. The summed E-state index contributed by atoms with van der Waals surface area (Å²) >= 11 is 0. The Morgan fingerprint density at radius 3 is 2.33 bits per heavy atom. The molecule has 33 heavy (non-hydrogen) atoms. The molecular formula is C31H50O2. The lowest BCUT2D eigenvalue weighted by atomic mass is 9.44. The maximum Gasteiger partial charge on any atom is 0.138 e. The molecule has 1 N–H and O–H groups in total. The van der Waals surface area contributed by atoms with Gasteiger partial charge < -0.3 is 5.11 Å². The number of carbonyl (C=O) groups is 1. The maximum atomic E-state index is 12.8. The highest BCUT2D eigenvalue weighted by Crippen LogP contribution is 2.71. The van der Waals surface area contributed by atoms with Gasteiger partial charge in [-0.2, -0.15) is 0 Å². The van der Waals surface area contributed by atoms with Gasteiger partial charge in [0.1, 0.15) is 5.78 Å². The molecule has 2 heteroatoms. The van der Waals surface area contributed by atoms with Crippen LogP contribution in [0.4, 0.5) is 0 Å². The quantitative estimate of drug-likeness (QED) is 0.458. The number of hydrogen-bond donors (Lipinski definition) is 1. The second-order valence-electron chi connectivity index (χ2n) is 14.3. The van der Waals surface area contributed by atoms with Gasteiger partial charge in [0.05, 0.1) is 5.60 Å². The third kappa shape index (κ3) is 3.56. The van der Waals surface area contributed by atoms with Gasteiger partial charge in [-0.15, -0.1) is 0 Å². The fourth-order valence-corrected chi connectivity index (χ4v) is 8.83. The van der Waals surface area contributed by atoms with Crippen LogP contribution < -0.4 is 0 Å². The van der Waals surface area contributed by atoms with Gasteiger partial charge in [0.25, 0.3) is 0 Å². The number of carbonyl (C=O) groups excluding carboxylic acids is 1. The second kappa shape index (κ2) is 7.81. The molecule has 2 nitrogen and oxygen atoms in total. The number of hydrogen-bond acceptors (Lipinski definition) is 2. The van der Waals surface area contributed by atoms with Gasteiger partial charge in [0, 0.05) is 11.8 Å². The van der Waals surface area contributed by atoms with Gasteiger partial charge in [-0.25, -0.2) is 0 Å². The molecule has 0 aliphatic heterocycles. The summed E-state index contributed by atoms with van der Waals surface area (Å²) in [4.78, 5) is 12.8. The van der Waals surface area contributed by atoms with Crippen molar-refractivity contribution in [2.24, 2.45) is 45.3 Å². The van der Waals surface area contributed by atoms with Crippen molar-refractivity contribution in [3.8, 4) is 0 Å². The molecule has 0 amide bonds. The normalized spacial score (nSPS) is 41.9. The van der Waals surface area contributed by atoms with Crippen LogP contribution in [0.3, 0.4) is 0 Å². The van der Waals surface area contributed by atoms with E-state index < -0.39 is 5.60 Å². The molecule has 0 bridgehead atoms. The number of ketones is 1. The lowest BCUT2D eigenvalue weighted by Gasteiger charge is -2.59. The van der Waals surface area contributed by atoms with Gasteiger partial charge in [-0.1, -0.05) is 67.0 Å². The van der Waals surface area contributed by atoms with Crippen LogP contribution in [-0.2, 0) is 4.79 Å². The van der Waals surface area contributed by atoms with Gasteiger partial charge in [-0.05, 0) is 103 Å². The molecule has 7 atom stereocenters. The number of allylic oxidation sites excluding steroid dienone is 4. The van der Waals surface area contributed by atoms with Crippen molar-refractivity contribution in [2.75, 3.05) is 0 Å². The Kier molecular flexibility index (Phi) is 5.96. The van der Waals surface area contributed by atoms with Crippen LogP contribution >= 0.6 is 0 Å². The Morgan fingerprint density at radius 1 is 1.03 bits per heavy atom. The predicted octanol–water partition coefficient (Wildman–Crippen LogP) is 7.90. The lowest BCUT2D eigenvalue weighted by Crippen LogP contribution is -2.53. The standard InChI is InChI=1S/C31H50O2/c1-20(10-11-21(2)28(5,6)33)22-14-18-31(9)24-12-13-25-27(3,4)26(32)16-17-29(25,7)23(24)15-19-30(22,31)8/h12,15,20-22,25,33H,10-11,13-14,16-19H2,1-9H3. The summed E-state index contributed by atoms with van der Waals surface area (Å²) in [7, 11) is 0. The van der Waals surface area contributed by atoms with E-state index in [-0.39, 0.29) is 16.2 Å². The minimum absolute atomic E-state index is 0.137. The summed E-state index contributed by atoms with van der Waals surface area (Å²) in [5.41, 5.74) is 3.09. The molecular weight excluding hydrogens is 404 g/mol. The highest BCUT2D eigenvalue weighted by atomic mass is 16.3. The number of aliphatic hydroxyl groups is 1. The fraction of sp³-hybridized carbons (Fsp3) is 0.839. The summed E-state index contributed by atoms with van der Waals surface area (Å²) in [6.45, 7) is 20.6. The van der Waals surface area contributed by atoms with Crippen LogP contribution in [0, 0.1) is 45.3 Å². The van der Waals surface area contributed by atoms with Crippen LogP contribution in [0.1, 0.15) is 114 Å². The Bertz CT molecular complexity index is 870. The van der Waals surface area contributed by atoms with Crippen LogP contribution in [0.2, 0.25) is 0 Å². The number of rotatable bonds is 5. The van der Waals surface area contributed by atoms with Gasteiger partial charge >= 0.3 is 0 Å². The molecule has 7 unspecified atom stereocenters. The molecule has 0 radical (unpaired) electrons. The highest BCUT2D eigenvalue weighted by molar-refractivity contribution is 5.86. The van der Waals surface area contributed by atoms with Crippen LogP contribution in [-0.4, -0.2) is 16.5 Å². The van der Waals surface area contributed by atoms with Gasteiger partial charge in [0.15, 0.2) is 0 Å². The fourth-order valence-electron chi connectivity index (χ4n) is 8.83. The van der Waals surface area contributed by atoms with E-state index in [2.05, 4.69) is 60.6 Å². The molecule has 4 rings (SSSR count). The summed E-state index contributed by atoms with van der Waals surface area (Å²) < 4.78 is 0. The number of Topliss-reactive ketones (excluding diaryl/α,β-unsaturated/α-hetero) is 1. The first kappa shape index (κ1) is 25.2. The SMILES string of the molecule is CC(CCC(C)C(C)(C)O)C1CCC2(C)C3=CCC4C(C)(C)C(=O)CCC4(C)C3=CCC12C. The minimum Gasteiger partial charge on any atom is -0.390 e. The first-order valence-corrected chi connectivity index (χ1v) is 13.8. The summed E-state index contributed by atoms with van der Waals surface area (Å²) in [5, 5.41) is 10.4. The molecule has 0 aromatic carbocycles. The third-order valence-electron chi connectivity index (χ3n) is 12.0. The molecule has 2 saturated carbocycles. The van der Waals surface area contributed by atoms with E-state index in [4.69, 9.17) is 0 Å². The van der Waals surface area contributed by atoms with E-state index in [9.17, 15) is 9.90 Å². The van der Waals surface area contributed by atoms with Crippen molar-refractivity contribution in [3.05, 3.63) is 23.3 Å². The van der Waals surface area contributed by atoms with Crippen LogP contribution in [0.25, 0.3) is 0 Å². The predicted molar refractivity (Wildman–Crippen MR) is 138 cm³/mol. The lowest BCUT2D eigenvalue weighted by molar-refractivity contribution is -0.138. The Balaban J connectivity index is 1.62. The van der Waals surface area contributed by atoms with Gasteiger partial charge in [-0.3, -0.25) is 4.79 Å². The molecule has 0 aromatic heterocycles. The van der Waals surface area contributed by atoms with Crippen molar-refractivity contribution in [2.45, 2.75) is 119 Å². The van der Waals surface area contributed by atoms with E-state index in [0.29, 0.717) is 29.0 Å². The Labute approximate surface area is 203 Å². The smallest absolute Gasteiger partial charge is 0.138 e. The first-order valence-electron chi connectivity index (χ1n) is 13.8. The minimum atomic E-state index is -0.593. The van der Waals surface area contributed by atoms with E-state index in [1.807, 2.05) is 13.8 Å². The summed E-state index contributed by atoms with van der Waals surface area (Å²) in [6, 6.07) is 0. The van der Waals surface area contributed by atoms with Crippen LogP contribution in [0.15, 0.2) is 23.3 Å². The van der Waals surface area contributed by atoms with Crippen LogP contribution in [0.5, 0.6) is 0 Å². The molecule has 2 fully saturated rings. The number of fused-ring (bicyclic) bond motifs is 5. The molecule has 0 aromatic rings. The molecule has 0 saturated heterocycles. The topological polar surface area (TPSA) is 37.3 Å². The Hall–Kier alpha value is -0.890. The highest BCUT2D eigenvalue weighted by Gasteiger charge is 2.63. The van der Waals surface area contributed by atoms with Crippen molar-refractivity contribution in [1.82, 2.24) is 0 Å². The van der Waals surface area contributed by atoms with Crippen molar-refractivity contribution in [3.63, 3.8) is 0 Å². The molecule has 186 valence electrons. The van der Waals surface area contributed by atoms with Crippen molar-refractivity contribution >= 4 is 5.78 Å². The van der Waals surface area contributed by atoms with E-state index in [1.54, 1.807) is 11.1 Å². The van der Waals surface area contributed by atoms with Gasteiger partial charge in [0.2, 0.25) is 0 Å². The average molecular weight is 455 g/mol. The molecule has 4 aliphatic carbocycles. The molecule has 4 aliphatic rings. The molecule has 0 spiro atoms. The maximum absolute atomic E-state index is 12.8. The van der Waals surface area contributed by atoms with Crippen molar-refractivity contribution < 1.29 is 9.90 Å². The van der Waals surface area contributed by atoms with E-state index >= 15 is 0 Å². The summed E-state index contributed by atoms with van der Waals surface area (Å²) in [6.07, 6.45) is 14.1. The zero-order valence-corrected chi connectivity index (χ0v) is 23.0. The summed E-state index contributed by atoms with van der Waals surface area (Å²) in [5.74, 6) is 2.62. The largest absolute Gasteiger partial charge is 0.390 e. The van der Waals surface area contributed by atoms with Crippen molar-refractivity contribution in [1.29, 1.82) is 0 Å².